The number of hydrogen-bond donors (Lipinski definition) is 1. The second kappa shape index (κ2) is 13.8. The minimum absolute atomic E-state index is 0.0465. The quantitative estimate of drug-likeness (QED) is 0.366. The van der Waals surface area contributed by atoms with Crippen LogP contribution >= 0.6 is 0 Å². The average Bonchev–Trinajstić information content (AvgIpc) is 3.58. The highest BCUT2D eigenvalue weighted by atomic mass is 16.4. The van der Waals surface area contributed by atoms with Crippen LogP contribution in [0.2, 0.25) is 0 Å². The molecule has 1 saturated heterocycles. The van der Waals surface area contributed by atoms with E-state index >= 15 is 0 Å². The Kier molecular flexibility index (Phi) is 9.59. The van der Waals surface area contributed by atoms with Gasteiger partial charge in [-0.25, -0.2) is 4.79 Å². The number of likely N-dealkylation sites (tertiary alicyclic amines) is 1. The third kappa shape index (κ3) is 5.98. The summed E-state index contributed by atoms with van der Waals surface area (Å²) in [6.45, 7) is 7.40. The van der Waals surface area contributed by atoms with Crippen LogP contribution in [0.25, 0.3) is 10.9 Å². The third-order valence-corrected chi connectivity index (χ3v) is 12.7. The maximum atomic E-state index is 14.2. The number of carboxylic acids is 1. The first-order valence-corrected chi connectivity index (χ1v) is 19.2. The molecule has 266 valence electrons. The van der Waals surface area contributed by atoms with Crippen molar-refractivity contribution < 1.29 is 19.5 Å². The number of amides is 2. The van der Waals surface area contributed by atoms with Crippen LogP contribution in [0.15, 0.2) is 29.5 Å². The topological polar surface area (TPSA) is 89.3 Å². The van der Waals surface area contributed by atoms with Crippen LogP contribution in [0.4, 0.5) is 0 Å². The molecular formula is C40H57N5O4. The van der Waals surface area contributed by atoms with E-state index in [1.165, 1.54) is 48.7 Å². The molecule has 2 amide bonds. The number of carbonyl (C=O) groups excluding carboxylic acids is 2. The zero-order chi connectivity index (χ0) is 34.6. The number of carboxylic acid groups (broad SMARTS) is 1. The van der Waals surface area contributed by atoms with Crippen LogP contribution < -0.4 is 0 Å². The van der Waals surface area contributed by atoms with Crippen molar-refractivity contribution in [2.75, 3.05) is 40.8 Å². The third-order valence-electron chi connectivity index (χ3n) is 12.7. The van der Waals surface area contributed by atoms with Gasteiger partial charge in [0.15, 0.2) is 0 Å². The largest absolute Gasteiger partial charge is 0.478 e. The van der Waals surface area contributed by atoms with Crippen LogP contribution in [0.5, 0.6) is 0 Å². The van der Waals surface area contributed by atoms with Crippen LogP contribution in [0.1, 0.15) is 124 Å². The second-order valence-corrected chi connectivity index (χ2v) is 16.1. The van der Waals surface area contributed by atoms with Gasteiger partial charge in [-0.1, -0.05) is 38.2 Å². The Morgan fingerprint density at radius 2 is 1.59 bits per heavy atom. The Morgan fingerprint density at radius 1 is 0.857 bits per heavy atom. The molecule has 0 spiro atoms. The molecule has 1 aromatic carbocycles. The molecule has 4 heterocycles. The summed E-state index contributed by atoms with van der Waals surface area (Å²) in [4.78, 5) is 49.1. The molecule has 9 nitrogen and oxygen atoms in total. The number of fused-ring (bicyclic) bond motifs is 4. The van der Waals surface area contributed by atoms with Crippen LogP contribution in [0, 0.1) is 5.92 Å². The Hall–Kier alpha value is -3.33. The predicted molar refractivity (Wildman–Crippen MR) is 193 cm³/mol. The van der Waals surface area contributed by atoms with Gasteiger partial charge >= 0.3 is 5.97 Å². The summed E-state index contributed by atoms with van der Waals surface area (Å²) in [5.41, 5.74) is 6.24. The molecule has 5 aliphatic rings. The molecule has 2 aliphatic carbocycles. The first-order chi connectivity index (χ1) is 23.6. The van der Waals surface area contributed by atoms with Gasteiger partial charge in [-0.05, 0) is 94.5 Å². The van der Waals surface area contributed by atoms with Crippen LogP contribution in [-0.2, 0) is 16.1 Å². The van der Waals surface area contributed by atoms with Gasteiger partial charge in [0.05, 0.1) is 11.6 Å². The van der Waals surface area contributed by atoms with Gasteiger partial charge in [-0.3, -0.25) is 14.5 Å². The molecule has 2 saturated carbocycles. The number of benzene rings is 1. The second-order valence-electron chi connectivity index (χ2n) is 16.1. The van der Waals surface area contributed by atoms with Crippen molar-refractivity contribution in [2.24, 2.45) is 5.92 Å². The number of aryl methyl sites for hydroxylation is 1. The summed E-state index contributed by atoms with van der Waals surface area (Å²) < 4.78 is 2.50. The molecule has 4 atom stereocenters. The fraction of sp³-hybridized carbons (Fsp3) is 0.675. The normalized spacial score (nSPS) is 26.4. The number of likely N-dealkylation sites (N-methyl/N-ethyl adjacent to an activating group) is 2. The molecule has 1 N–H and O–H groups in total. The number of carbonyl (C=O) groups is 3. The van der Waals surface area contributed by atoms with Crippen molar-refractivity contribution in [1.29, 1.82) is 0 Å². The highest BCUT2D eigenvalue weighted by Crippen LogP contribution is 2.53. The van der Waals surface area contributed by atoms with Crippen molar-refractivity contribution >= 4 is 28.7 Å². The van der Waals surface area contributed by atoms with Crippen molar-refractivity contribution in [2.45, 2.75) is 127 Å². The molecule has 3 unspecified atom stereocenters. The first kappa shape index (κ1) is 34.1. The van der Waals surface area contributed by atoms with Gasteiger partial charge in [0, 0.05) is 81.3 Å². The lowest BCUT2D eigenvalue weighted by atomic mass is 9.71. The fourth-order valence-corrected chi connectivity index (χ4v) is 10.5. The fourth-order valence-electron chi connectivity index (χ4n) is 10.5. The number of aromatic nitrogens is 1. The zero-order valence-corrected chi connectivity index (χ0v) is 30.4. The van der Waals surface area contributed by atoms with E-state index in [0.29, 0.717) is 24.1 Å². The van der Waals surface area contributed by atoms with E-state index in [-0.39, 0.29) is 35.7 Å². The van der Waals surface area contributed by atoms with Crippen molar-refractivity contribution in [3.63, 3.8) is 0 Å². The summed E-state index contributed by atoms with van der Waals surface area (Å²) in [5, 5.41) is 11.2. The lowest BCUT2D eigenvalue weighted by Crippen LogP contribution is -2.52. The maximum Gasteiger partial charge on any atom is 0.335 e. The minimum Gasteiger partial charge on any atom is -0.478 e. The molecule has 9 heteroatoms. The SMILES string of the molecule is CC(C)N1CCCC[C@H]1C(=O)N(C)CC1=C(C(=O)N(C)C)N2CCCn3c(c(C4CCCCC4)c4ccc(C(=O)O)cc43)C3CCCC1C32. The average molecular weight is 672 g/mol. The van der Waals surface area contributed by atoms with Crippen LogP contribution in [0.3, 0.4) is 0 Å². The van der Waals surface area contributed by atoms with Gasteiger partial charge in [0.1, 0.15) is 5.70 Å². The summed E-state index contributed by atoms with van der Waals surface area (Å²) in [6.07, 6.45) is 13.2. The van der Waals surface area contributed by atoms with Crippen molar-refractivity contribution in [3.05, 3.63) is 46.3 Å². The molecule has 0 radical (unpaired) electrons. The molecule has 49 heavy (non-hydrogen) atoms. The summed E-state index contributed by atoms with van der Waals surface area (Å²) >= 11 is 0. The molecular weight excluding hydrogens is 614 g/mol. The van der Waals surface area contributed by atoms with Gasteiger partial charge in [0.25, 0.3) is 5.91 Å². The van der Waals surface area contributed by atoms with Gasteiger partial charge in [0.2, 0.25) is 5.91 Å². The Morgan fingerprint density at radius 3 is 2.31 bits per heavy atom. The summed E-state index contributed by atoms with van der Waals surface area (Å²) in [7, 11) is 5.66. The number of aromatic carboxylic acids is 1. The van der Waals surface area contributed by atoms with Crippen molar-refractivity contribution in [3.8, 4) is 0 Å². The number of piperidine rings is 1. The lowest BCUT2D eigenvalue weighted by molar-refractivity contribution is -0.137. The van der Waals surface area contributed by atoms with Gasteiger partial charge in [-0.15, -0.1) is 0 Å². The summed E-state index contributed by atoms with van der Waals surface area (Å²) in [6, 6.07) is 6.16. The molecule has 3 fully saturated rings. The van der Waals surface area contributed by atoms with E-state index in [2.05, 4.69) is 34.3 Å². The molecule has 2 aromatic rings. The van der Waals surface area contributed by atoms with Gasteiger partial charge < -0.3 is 24.4 Å². The van der Waals surface area contributed by atoms with E-state index in [4.69, 9.17) is 0 Å². The van der Waals surface area contributed by atoms with E-state index in [9.17, 15) is 19.5 Å². The highest BCUT2D eigenvalue weighted by molar-refractivity contribution is 5.96. The standard InChI is InChI=1S/C40H57N5O4/c1-25(2)43-20-10-9-17-32(43)38(46)42(5)24-31-28-15-11-16-30-35(28)45(37(31)39(47)41(3)4)22-12-21-44-33-23-27(40(48)49)18-19-29(33)34(36(30)44)26-13-7-6-8-14-26/h18-19,23,25-26,28,30,32,35H,6-17,20-22,24H2,1-5H3,(H,48,49)/t28?,30?,32-,35?/m0/s1. The van der Waals surface area contributed by atoms with E-state index in [1.807, 2.05) is 32.1 Å². The van der Waals surface area contributed by atoms with Crippen LogP contribution in [-0.4, -0.2) is 106 Å². The highest BCUT2D eigenvalue weighted by Gasteiger charge is 2.51. The molecule has 7 rings (SSSR count). The number of rotatable bonds is 7. The lowest BCUT2D eigenvalue weighted by Gasteiger charge is -2.44. The Bertz CT molecular complexity index is 1630. The van der Waals surface area contributed by atoms with E-state index in [0.717, 1.165) is 81.4 Å². The first-order valence-electron chi connectivity index (χ1n) is 19.2. The zero-order valence-electron chi connectivity index (χ0n) is 30.4. The molecule has 0 bridgehead atoms. The molecule has 1 aromatic heterocycles. The smallest absolute Gasteiger partial charge is 0.335 e. The maximum absolute atomic E-state index is 14.2. The minimum atomic E-state index is -0.883. The monoisotopic (exact) mass is 671 g/mol. The van der Waals surface area contributed by atoms with E-state index in [1.54, 1.807) is 11.0 Å². The number of nitrogens with zero attached hydrogens (tertiary/aromatic N) is 5. The Balaban J connectivity index is 1.32. The predicted octanol–water partition coefficient (Wildman–Crippen LogP) is 6.42. The van der Waals surface area contributed by atoms with E-state index < -0.39 is 5.97 Å². The number of hydrogen-bond acceptors (Lipinski definition) is 5. The summed E-state index contributed by atoms with van der Waals surface area (Å²) in [5.74, 6) is 0.236. The van der Waals surface area contributed by atoms with Crippen molar-refractivity contribution in [1.82, 2.24) is 24.2 Å². The molecule has 3 aliphatic heterocycles. The Labute approximate surface area is 292 Å². The van der Waals surface area contributed by atoms with Gasteiger partial charge in [-0.2, -0.15) is 0 Å².